The molecule has 0 fully saturated rings. The molecule has 0 aliphatic rings. The van der Waals surface area contributed by atoms with Gasteiger partial charge in [-0.15, -0.1) is 0 Å². The summed E-state index contributed by atoms with van der Waals surface area (Å²) in [6.07, 6.45) is 0.547. The highest BCUT2D eigenvalue weighted by molar-refractivity contribution is 7.07. The summed E-state index contributed by atoms with van der Waals surface area (Å²) in [4.78, 5) is 11.4. The van der Waals surface area contributed by atoms with Gasteiger partial charge >= 0.3 is 0 Å². The zero-order valence-corrected chi connectivity index (χ0v) is 8.15. The third-order valence-corrected chi connectivity index (χ3v) is 2.61. The molecule has 0 aliphatic heterocycles. The van der Waals surface area contributed by atoms with Crippen LogP contribution < -0.4 is 5.32 Å². The summed E-state index contributed by atoms with van der Waals surface area (Å²) in [5.74, 6) is 0.246. The number of hydrogen-bond acceptors (Lipinski definition) is 3. The predicted octanol–water partition coefficient (Wildman–Crippen LogP) is 1.47. The first-order valence-corrected chi connectivity index (χ1v) is 4.89. The highest BCUT2D eigenvalue weighted by Crippen LogP contribution is 2.07. The maximum absolute atomic E-state index is 11.4. The van der Waals surface area contributed by atoms with E-state index in [2.05, 4.69) is 5.32 Å². The molecular formula is C9H13NOS. The molecule has 2 nitrogen and oxygen atoms in total. The number of likely N-dealkylation sites (N-methyl/N-ethyl adjacent to an activating group) is 1. The molecular weight excluding hydrogens is 170 g/mol. The van der Waals surface area contributed by atoms with Gasteiger partial charge in [0.2, 0.25) is 0 Å². The van der Waals surface area contributed by atoms with E-state index in [4.69, 9.17) is 0 Å². The van der Waals surface area contributed by atoms with Crippen LogP contribution in [0.4, 0.5) is 0 Å². The predicted molar refractivity (Wildman–Crippen MR) is 51.6 cm³/mol. The Morgan fingerprint density at radius 2 is 2.50 bits per heavy atom. The zero-order chi connectivity index (χ0) is 8.97. The first kappa shape index (κ1) is 9.42. The second-order valence-electron chi connectivity index (χ2n) is 2.79. The fourth-order valence-electron chi connectivity index (χ4n) is 0.909. The van der Waals surface area contributed by atoms with Crippen LogP contribution in [0, 0.1) is 0 Å². The lowest BCUT2D eigenvalue weighted by Gasteiger charge is -2.06. The van der Waals surface area contributed by atoms with Gasteiger partial charge in [0.25, 0.3) is 0 Å². The van der Waals surface area contributed by atoms with Gasteiger partial charge in [0.05, 0.1) is 6.04 Å². The molecule has 66 valence electrons. The van der Waals surface area contributed by atoms with Crippen molar-refractivity contribution in [3.8, 4) is 0 Å². The van der Waals surface area contributed by atoms with E-state index in [1.165, 1.54) is 0 Å². The normalized spacial score (nSPS) is 12.8. The molecule has 0 spiro atoms. The molecule has 0 saturated carbocycles. The summed E-state index contributed by atoms with van der Waals surface area (Å²) in [6, 6.07) is 1.95. The Kier molecular flexibility index (Phi) is 3.44. The molecule has 3 heteroatoms. The molecule has 1 aromatic rings. The Balaban J connectivity index is 2.47. The average molecular weight is 183 g/mol. The van der Waals surface area contributed by atoms with E-state index in [-0.39, 0.29) is 11.8 Å². The number of carbonyl (C=O) groups excluding carboxylic acids is 1. The van der Waals surface area contributed by atoms with E-state index in [9.17, 15) is 4.79 Å². The molecule has 1 heterocycles. The van der Waals surface area contributed by atoms with Crippen LogP contribution in [0.1, 0.15) is 12.5 Å². The molecule has 1 aromatic heterocycles. The largest absolute Gasteiger partial charge is 0.311 e. The Labute approximate surface area is 76.6 Å². The molecule has 12 heavy (non-hydrogen) atoms. The van der Waals surface area contributed by atoms with Gasteiger partial charge in [-0.2, -0.15) is 11.3 Å². The maximum Gasteiger partial charge on any atom is 0.153 e. The van der Waals surface area contributed by atoms with E-state index in [0.717, 1.165) is 5.56 Å². The summed E-state index contributed by atoms with van der Waals surface area (Å²) in [6.45, 7) is 1.88. The van der Waals surface area contributed by atoms with Crippen molar-refractivity contribution in [3.63, 3.8) is 0 Å². The lowest BCUT2D eigenvalue weighted by atomic mass is 10.1. The molecule has 1 rings (SSSR count). The van der Waals surface area contributed by atoms with Crippen LogP contribution in [0.3, 0.4) is 0 Å². The van der Waals surface area contributed by atoms with Gasteiger partial charge in [-0.05, 0) is 36.4 Å². The summed E-state index contributed by atoms with van der Waals surface area (Å²) in [7, 11) is 1.80. The minimum atomic E-state index is -0.0371. The van der Waals surface area contributed by atoms with Crippen LogP contribution >= 0.6 is 11.3 Å². The molecule has 1 N–H and O–H groups in total. The van der Waals surface area contributed by atoms with Gasteiger partial charge in [-0.3, -0.25) is 4.79 Å². The number of Topliss-reactive ketones (excluding diaryl/α,β-unsaturated/α-hetero) is 1. The van der Waals surface area contributed by atoms with Gasteiger partial charge in [-0.1, -0.05) is 0 Å². The second kappa shape index (κ2) is 4.38. The lowest BCUT2D eigenvalue weighted by Crippen LogP contribution is -2.31. The van der Waals surface area contributed by atoms with E-state index >= 15 is 0 Å². The van der Waals surface area contributed by atoms with Gasteiger partial charge in [0.15, 0.2) is 5.78 Å². The topological polar surface area (TPSA) is 29.1 Å². The third-order valence-electron chi connectivity index (χ3n) is 1.87. The number of carbonyl (C=O) groups is 1. The Bertz CT molecular complexity index is 243. The fraction of sp³-hybridized carbons (Fsp3) is 0.444. The Hall–Kier alpha value is -0.670. The average Bonchev–Trinajstić information content (AvgIpc) is 2.55. The van der Waals surface area contributed by atoms with Crippen LogP contribution in [0.15, 0.2) is 16.8 Å². The second-order valence-corrected chi connectivity index (χ2v) is 3.57. The van der Waals surface area contributed by atoms with Crippen LogP contribution in [0.2, 0.25) is 0 Å². The Morgan fingerprint density at radius 3 is 3.00 bits per heavy atom. The summed E-state index contributed by atoms with van der Waals surface area (Å²) in [5, 5.41) is 6.94. The first-order chi connectivity index (χ1) is 5.74. The number of rotatable bonds is 4. The van der Waals surface area contributed by atoms with Crippen LogP contribution in [0.5, 0.6) is 0 Å². The molecule has 0 aromatic carbocycles. The van der Waals surface area contributed by atoms with Crippen molar-refractivity contribution in [2.75, 3.05) is 7.05 Å². The van der Waals surface area contributed by atoms with Crippen LogP contribution in [0.25, 0.3) is 0 Å². The van der Waals surface area contributed by atoms with Crippen molar-refractivity contribution in [2.45, 2.75) is 19.4 Å². The maximum atomic E-state index is 11.4. The number of hydrogen-bond donors (Lipinski definition) is 1. The van der Waals surface area contributed by atoms with Crippen molar-refractivity contribution < 1.29 is 4.79 Å². The van der Waals surface area contributed by atoms with Crippen molar-refractivity contribution >= 4 is 17.1 Å². The summed E-state index contributed by atoms with van der Waals surface area (Å²) < 4.78 is 0. The highest BCUT2D eigenvalue weighted by atomic mass is 32.1. The van der Waals surface area contributed by atoms with Gasteiger partial charge in [-0.25, -0.2) is 0 Å². The highest BCUT2D eigenvalue weighted by Gasteiger charge is 2.10. The van der Waals surface area contributed by atoms with E-state index in [1.807, 2.05) is 23.8 Å². The van der Waals surface area contributed by atoms with Crippen molar-refractivity contribution in [3.05, 3.63) is 22.4 Å². The minimum Gasteiger partial charge on any atom is -0.311 e. The van der Waals surface area contributed by atoms with Gasteiger partial charge < -0.3 is 5.32 Å². The third kappa shape index (κ3) is 2.43. The lowest BCUT2D eigenvalue weighted by molar-refractivity contribution is -0.119. The summed E-state index contributed by atoms with van der Waals surface area (Å²) >= 11 is 1.63. The first-order valence-electron chi connectivity index (χ1n) is 3.95. The molecule has 0 bridgehead atoms. The van der Waals surface area contributed by atoms with Crippen LogP contribution in [-0.2, 0) is 11.2 Å². The molecule has 0 saturated heterocycles. The Morgan fingerprint density at radius 1 is 1.75 bits per heavy atom. The van der Waals surface area contributed by atoms with Gasteiger partial charge in [0, 0.05) is 6.42 Å². The smallest absolute Gasteiger partial charge is 0.153 e. The number of thiophene rings is 1. The van der Waals surface area contributed by atoms with E-state index in [1.54, 1.807) is 18.4 Å². The molecule has 0 amide bonds. The molecule has 0 aliphatic carbocycles. The van der Waals surface area contributed by atoms with Gasteiger partial charge in [0.1, 0.15) is 0 Å². The monoisotopic (exact) mass is 183 g/mol. The van der Waals surface area contributed by atoms with E-state index < -0.39 is 0 Å². The molecule has 1 unspecified atom stereocenters. The molecule has 0 radical (unpaired) electrons. The van der Waals surface area contributed by atoms with Crippen LogP contribution in [-0.4, -0.2) is 18.9 Å². The van der Waals surface area contributed by atoms with Crippen molar-refractivity contribution in [1.82, 2.24) is 5.32 Å². The number of nitrogens with one attached hydrogen (secondary N) is 1. The van der Waals surface area contributed by atoms with Crippen molar-refractivity contribution in [2.24, 2.45) is 0 Å². The SMILES string of the molecule is CNC(C)C(=O)Cc1ccsc1. The zero-order valence-electron chi connectivity index (χ0n) is 7.33. The fourth-order valence-corrected chi connectivity index (χ4v) is 1.58. The van der Waals surface area contributed by atoms with Crippen molar-refractivity contribution in [1.29, 1.82) is 0 Å². The van der Waals surface area contributed by atoms with E-state index in [0.29, 0.717) is 6.42 Å². The minimum absolute atomic E-state index is 0.0371. The quantitative estimate of drug-likeness (QED) is 0.766. The standard InChI is InChI=1S/C9H13NOS/c1-7(10-2)9(11)5-8-3-4-12-6-8/h3-4,6-7,10H,5H2,1-2H3. The summed E-state index contributed by atoms with van der Waals surface area (Å²) in [5.41, 5.74) is 1.12. The number of ketones is 1. The molecule has 1 atom stereocenters.